The number of carbonyl (C=O) groups excluding carboxylic acids is 2. The van der Waals surface area contributed by atoms with Gasteiger partial charge >= 0.3 is 5.97 Å². The van der Waals surface area contributed by atoms with Crippen molar-refractivity contribution in [1.82, 2.24) is 5.32 Å². The maximum Gasteiger partial charge on any atom is 0.325 e. The molecule has 1 N–H and O–H groups in total. The predicted octanol–water partition coefficient (Wildman–Crippen LogP) is 0.365. The summed E-state index contributed by atoms with van der Waals surface area (Å²) >= 11 is 0. The zero-order valence-electron chi connectivity index (χ0n) is 12.9. The number of nitrogens with one attached hydrogen (secondary N) is 1. The largest absolute Gasteiger partial charge is 0.458 e. The second-order valence-corrected chi connectivity index (χ2v) is 8.07. The van der Waals surface area contributed by atoms with Crippen LogP contribution in [0.3, 0.4) is 0 Å². The maximum atomic E-state index is 11.9. The molecule has 8 heteroatoms. The molecule has 1 amide bonds. The maximum absolute atomic E-state index is 11.9. The summed E-state index contributed by atoms with van der Waals surface area (Å²) in [6, 6.07) is 0. The summed E-state index contributed by atoms with van der Waals surface area (Å²) in [4.78, 5) is 23.3. The monoisotopic (exact) mass is 331 g/mol. The summed E-state index contributed by atoms with van der Waals surface area (Å²) in [5, 5.41) is 2.39. The first-order valence-electron chi connectivity index (χ1n) is 7.08. The molecule has 2 bridgehead atoms. The fourth-order valence-electron chi connectivity index (χ4n) is 3.25. The van der Waals surface area contributed by atoms with E-state index in [1.165, 1.54) is 6.92 Å². The van der Waals surface area contributed by atoms with Gasteiger partial charge in [0.25, 0.3) is 10.1 Å². The molecule has 2 aliphatic rings. The van der Waals surface area contributed by atoms with Crippen molar-refractivity contribution in [2.75, 3.05) is 12.3 Å². The van der Waals surface area contributed by atoms with E-state index in [0.29, 0.717) is 12.0 Å². The normalized spacial score (nSPS) is 35.7. The van der Waals surface area contributed by atoms with E-state index in [0.717, 1.165) is 0 Å². The van der Waals surface area contributed by atoms with E-state index in [1.807, 2.05) is 6.92 Å². The molecule has 0 aromatic heterocycles. The molecular weight excluding hydrogens is 310 g/mol. The lowest BCUT2D eigenvalue weighted by Crippen LogP contribution is -2.50. The molecule has 0 spiro atoms. The minimum absolute atomic E-state index is 0.0231. The molecular formula is C14H21NO6S. The Bertz CT molecular complexity index is 613. The van der Waals surface area contributed by atoms with Crippen LogP contribution in [0.5, 0.6) is 0 Å². The molecule has 0 aromatic carbocycles. The van der Waals surface area contributed by atoms with Gasteiger partial charge in [0.15, 0.2) is 0 Å². The first-order valence-corrected chi connectivity index (χ1v) is 8.66. The van der Waals surface area contributed by atoms with E-state index in [1.54, 1.807) is 6.92 Å². The molecule has 0 radical (unpaired) electrons. The molecule has 2 fully saturated rings. The van der Waals surface area contributed by atoms with Crippen molar-refractivity contribution < 1.29 is 26.9 Å². The van der Waals surface area contributed by atoms with Crippen LogP contribution in [0.15, 0.2) is 12.2 Å². The first kappa shape index (κ1) is 17.0. The van der Waals surface area contributed by atoms with Crippen molar-refractivity contribution in [2.24, 2.45) is 11.3 Å². The van der Waals surface area contributed by atoms with Crippen molar-refractivity contribution in [3.05, 3.63) is 12.2 Å². The number of rotatable bonds is 4. The highest BCUT2D eigenvalue weighted by atomic mass is 32.2. The molecule has 4 atom stereocenters. The molecule has 1 heterocycles. The third-order valence-corrected chi connectivity index (χ3v) is 5.67. The van der Waals surface area contributed by atoms with Gasteiger partial charge in [0.2, 0.25) is 5.91 Å². The molecule has 7 nitrogen and oxygen atoms in total. The van der Waals surface area contributed by atoms with Crippen LogP contribution in [0, 0.1) is 11.3 Å². The van der Waals surface area contributed by atoms with Gasteiger partial charge in [0, 0.05) is 11.0 Å². The Kier molecular flexibility index (Phi) is 4.36. The number of carbonyl (C=O) groups is 2. The third-order valence-electron chi connectivity index (χ3n) is 4.14. The number of hydrogen-bond donors (Lipinski definition) is 1. The second-order valence-electron chi connectivity index (χ2n) is 6.47. The molecule has 0 aromatic rings. The average molecular weight is 331 g/mol. The Hall–Kier alpha value is -1.41. The van der Waals surface area contributed by atoms with Crippen molar-refractivity contribution in [3.63, 3.8) is 0 Å². The minimum atomic E-state index is -3.59. The highest BCUT2D eigenvalue weighted by Crippen LogP contribution is 2.49. The number of fused-ring (bicyclic) bond motifs is 2. The van der Waals surface area contributed by atoms with E-state index < -0.39 is 39.6 Å². The van der Waals surface area contributed by atoms with Crippen molar-refractivity contribution in [3.8, 4) is 0 Å². The van der Waals surface area contributed by atoms with E-state index >= 15 is 0 Å². The van der Waals surface area contributed by atoms with Gasteiger partial charge in [0.1, 0.15) is 18.8 Å². The Balaban J connectivity index is 2.03. The van der Waals surface area contributed by atoms with Crippen LogP contribution in [0.4, 0.5) is 0 Å². The SMILES string of the molecule is C=C(C)C(=O)NCC(=O)OC1C2OS(=O)(=O)CC1(C)CC2C. The fraction of sp³-hybridized carbons (Fsp3) is 0.714. The van der Waals surface area contributed by atoms with E-state index in [2.05, 4.69) is 11.9 Å². The zero-order chi connectivity index (χ0) is 16.7. The molecule has 1 saturated carbocycles. The van der Waals surface area contributed by atoms with Gasteiger partial charge in [-0.05, 0) is 19.3 Å². The summed E-state index contributed by atoms with van der Waals surface area (Å²) < 4.78 is 34.0. The van der Waals surface area contributed by atoms with Crippen LogP contribution in [0.25, 0.3) is 0 Å². The van der Waals surface area contributed by atoms with Gasteiger partial charge in [-0.15, -0.1) is 0 Å². The lowest BCUT2D eigenvalue weighted by Gasteiger charge is -2.36. The van der Waals surface area contributed by atoms with Gasteiger partial charge in [0.05, 0.1) is 5.75 Å². The summed E-state index contributed by atoms with van der Waals surface area (Å²) in [5.41, 5.74) is -0.365. The van der Waals surface area contributed by atoms with Crippen molar-refractivity contribution in [1.29, 1.82) is 0 Å². The molecule has 2 rings (SSSR count). The smallest absolute Gasteiger partial charge is 0.325 e. The van der Waals surface area contributed by atoms with Gasteiger partial charge < -0.3 is 10.1 Å². The Morgan fingerprint density at radius 3 is 2.64 bits per heavy atom. The number of esters is 1. The summed E-state index contributed by atoms with van der Waals surface area (Å²) in [5.74, 6) is -1.24. The number of amides is 1. The highest BCUT2D eigenvalue weighted by Gasteiger charge is 2.59. The van der Waals surface area contributed by atoms with Crippen LogP contribution in [-0.4, -0.2) is 44.8 Å². The first-order chi connectivity index (χ1) is 10.0. The van der Waals surface area contributed by atoms with Gasteiger partial charge in [-0.3, -0.25) is 13.8 Å². The van der Waals surface area contributed by atoms with E-state index in [4.69, 9.17) is 8.92 Å². The van der Waals surface area contributed by atoms with Gasteiger partial charge in [-0.1, -0.05) is 20.4 Å². The lowest BCUT2D eigenvalue weighted by atomic mass is 9.88. The quantitative estimate of drug-likeness (QED) is 0.454. The second kappa shape index (κ2) is 5.66. The highest BCUT2D eigenvalue weighted by molar-refractivity contribution is 7.86. The van der Waals surface area contributed by atoms with Crippen LogP contribution >= 0.6 is 0 Å². The fourth-order valence-corrected chi connectivity index (χ4v) is 5.04. The molecule has 1 aliphatic heterocycles. The Labute approximate surface area is 130 Å². The average Bonchev–Trinajstić information content (AvgIpc) is 2.51. The number of ether oxygens (including phenoxy) is 1. The number of hydrogen-bond acceptors (Lipinski definition) is 6. The summed E-state index contributed by atoms with van der Waals surface area (Å²) in [6.45, 7) is 8.38. The third kappa shape index (κ3) is 3.33. The lowest BCUT2D eigenvalue weighted by molar-refractivity contribution is -0.159. The molecule has 22 heavy (non-hydrogen) atoms. The summed E-state index contributed by atoms with van der Waals surface area (Å²) in [7, 11) is -3.59. The van der Waals surface area contributed by atoms with Crippen LogP contribution in [0.2, 0.25) is 0 Å². The predicted molar refractivity (Wildman–Crippen MR) is 78.3 cm³/mol. The van der Waals surface area contributed by atoms with Gasteiger partial charge in [-0.2, -0.15) is 8.42 Å². The van der Waals surface area contributed by atoms with E-state index in [-0.39, 0.29) is 18.2 Å². The van der Waals surface area contributed by atoms with Crippen LogP contribution in [0.1, 0.15) is 27.2 Å². The summed E-state index contributed by atoms with van der Waals surface area (Å²) in [6.07, 6.45) is -0.683. The minimum Gasteiger partial charge on any atom is -0.458 e. The van der Waals surface area contributed by atoms with Crippen LogP contribution in [-0.2, 0) is 28.6 Å². The van der Waals surface area contributed by atoms with Crippen molar-refractivity contribution in [2.45, 2.75) is 39.4 Å². The zero-order valence-corrected chi connectivity index (χ0v) is 13.7. The molecule has 1 saturated heterocycles. The van der Waals surface area contributed by atoms with Gasteiger partial charge in [-0.25, -0.2) is 0 Å². The van der Waals surface area contributed by atoms with Crippen LogP contribution < -0.4 is 5.32 Å². The molecule has 4 unspecified atom stereocenters. The standard InChI is InChI=1S/C14H21NO6S/c1-8(2)13(17)15-6-10(16)20-12-11-9(3)5-14(12,4)7-22(18,19)21-11/h9,11-12H,1,5-7H2,2-4H3,(H,15,17). The van der Waals surface area contributed by atoms with E-state index in [9.17, 15) is 18.0 Å². The molecule has 1 aliphatic carbocycles. The van der Waals surface area contributed by atoms with Crippen molar-refractivity contribution >= 4 is 22.0 Å². The Morgan fingerprint density at radius 1 is 1.45 bits per heavy atom. The Morgan fingerprint density at radius 2 is 2.09 bits per heavy atom. The topological polar surface area (TPSA) is 98.8 Å². The molecule has 124 valence electrons.